The van der Waals surface area contributed by atoms with Crippen LogP contribution in [0.15, 0.2) is 21.1 Å². The summed E-state index contributed by atoms with van der Waals surface area (Å²) >= 11 is 6.93. The summed E-state index contributed by atoms with van der Waals surface area (Å²) in [5.74, 6) is 1.49. The molecule has 1 N–H and O–H groups in total. The van der Waals surface area contributed by atoms with Gasteiger partial charge in [0, 0.05) is 0 Å². The third kappa shape index (κ3) is 3.86. The van der Waals surface area contributed by atoms with Crippen LogP contribution in [-0.4, -0.2) is 24.4 Å². The highest BCUT2D eigenvalue weighted by atomic mass is 79.9. The molecule has 1 aliphatic carbocycles. The van der Waals surface area contributed by atoms with E-state index in [4.69, 9.17) is 9.47 Å². The molecule has 19 heavy (non-hydrogen) atoms. The smallest absolute Gasteiger partial charge is 0.135 e. The first-order valence-corrected chi connectivity index (χ1v) is 8.08. The van der Waals surface area contributed by atoms with E-state index in [-0.39, 0.29) is 12.2 Å². The number of aliphatic hydroxyl groups is 1. The van der Waals surface area contributed by atoms with E-state index in [9.17, 15) is 5.11 Å². The molecule has 5 heteroatoms. The zero-order valence-corrected chi connectivity index (χ0v) is 14.0. The summed E-state index contributed by atoms with van der Waals surface area (Å²) in [6, 6.07) is 3.74. The van der Waals surface area contributed by atoms with Gasteiger partial charge in [0.05, 0.1) is 22.2 Å². The SMILES string of the molecule is COc1cc(Br)c(OC2CCCCCC2O)cc1Br. The molecule has 0 radical (unpaired) electrons. The predicted octanol–water partition coefficient (Wildman–Crippen LogP) is 4.29. The summed E-state index contributed by atoms with van der Waals surface area (Å²) < 4.78 is 12.9. The Morgan fingerprint density at radius 3 is 2.42 bits per heavy atom. The highest BCUT2D eigenvalue weighted by Crippen LogP contribution is 2.37. The molecule has 2 rings (SSSR count). The zero-order chi connectivity index (χ0) is 13.8. The number of aliphatic hydroxyl groups excluding tert-OH is 1. The van der Waals surface area contributed by atoms with Crippen molar-refractivity contribution in [2.24, 2.45) is 0 Å². The van der Waals surface area contributed by atoms with Crippen molar-refractivity contribution in [1.29, 1.82) is 0 Å². The van der Waals surface area contributed by atoms with Crippen LogP contribution in [0.2, 0.25) is 0 Å². The van der Waals surface area contributed by atoms with Crippen LogP contribution in [0.3, 0.4) is 0 Å². The Morgan fingerprint density at radius 2 is 1.68 bits per heavy atom. The second-order valence-corrected chi connectivity index (χ2v) is 6.49. The Bertz CT molecular complexity index is 437. The maximum absolute atomic E-state index is 10.1. The fraction of sp³-hybridized carbons (Fsp3) is 0.571. The van der Waals surface area contributed by atoms with Crippen molar-refractivity contribution in [3.63, 3.8) is 0 Å². The molecule has 0 spiro atoms. The molecule has 0 saturated heterocycles. The third-order valence-electron chi connectivity index (χ3n) is 3.40. The van der Waals surface area contributed by atoms with Crippen molar-refractivity contribution in [3.05, 3.63) is 21.1 Å². The molecular formula is C14H18Br2O3. The number of rotatable bonds is 3. The Balaban J connectivity index is 2.15. The van der Waals surface area contributed by atoms with Gasteiger partial charge in [-0.3, -0.25) is 0 Å². The van der Waals surface area contributed by atoms with Gasteiger partial charge in [-0.1, -0.05) is 12.8 Å². The Morgan fingerprint density at radius 1 is 1.05 bits per heavy atom. The number of hydrogen-bond acceptors (Lipinski definition) is 3. The lowest BCUT2D eigenvalue weighted by atomic mass is 10.1. The summed E-state index contributed by atoms with van der Waals surface area (Å²) in [7, 11) is 1.63. The molecule has 1 fully saturated rings. The molecule has 1 aliphatic rings. The van der Waals surface area contributed by atoms with E-state index >= 15 is 0 Å². The first kappa shape index (κ1) is 15.1. The van der Waals surface area contributed by atoms with Crippen molar-refractivity contribution >= 4 is 31.9 Å². The maximum atomic E-state index is 10.1. The second-order valence-electron chi connectivity index (χ2n) is 4.78. The van der Waals surface area contributed by atoms with Gasteiger partial charge in [-0.2, -0.15) is 0 Å². The van der Waals surface area contributed by atoms with Gasteiger partial charge in [0.15, 0.2) is 0 Å². The average molecular weight is 394 g/mol. The van der Waals surface area contributed by atoms with Gasteiger partial charge in [0.2, 0.25) is 0 Å². The van der Waals surface area contributed by atoms with Crippen LogP contribution >= 0.6 is 31.9 Å². The number of benzene rings is 1. The fourth-order valence-corrected chi connectivity index (χ4v) is 3.21. The average Bonchev–Trinajstić information content (AvgIpc) is 2.59. The molecule has 3 nitrogen and oxygen atoms in total. The molecule has 2 unspecified atom stereocenters. The van der Waals surface area contributed by atoms with Crippen LogP contribution in [0.1, 0.15) is 32.1 Å². The molecule has 0 aromatic heterocycles. The van der Waals surface area contributed by atoms with Gasteiger partial charge in [-0.05, 0) is 63.3 Å². The van der Waals surface area contributed by atoms with E-state index in [0.717, 1.165) is 46.1 Å². The van der Waals surface area contributed by atoms with Gasteiger partial charge in [0.25, 0.3) is 0 Å². The largest absolute Gasteiger partial charge is 0.496 e. The summed E-state index contributed by atoms with van der Waals surface area (Å²) in [5, 5.41) is 10.1. The fourth-order valence-electron chi connectivity index (χ4n) is 2.31. The van der Waals surface area contributed by atoms with Crippen LogP contribution in [-0.2, 0) is 0 Å². The number of ether oxygens (including phenoxy) is 2. The van der Waals surface area contributed by atoms with Crippen molar-refractivity contribution in [2.75, 3.05) is 7.11 Å². The minimum absolute atomic E-state index is 0.126. The third-order valence-corrected chi connectivity index (χ3v) is 4.64. The number of hydrogen-bond donors (Lipinski definition) is 1. The van der Waals surface area contributed by atoms with E-state index in [1.807, 2.05) is 12.1 Å². The van der Waals surface area contributed by atoms with E-state index in [2.05, 4.69) is 31.9 Å². The Labute approximate surface area is 130 Å². The van der Waals surface area contributed by atoms with Gasteiger partial charge < -0.3 is 14.6 Å². The standard InChI is InChI=1S/C14H18Br2O3/c1-18-13-7-10(16)14(8-9(13)15)19-12-6-4-2-3-5-11(12)17/h7-8,11-12,17H,2-6H2,1H3. The van der Waals surface area contributed by atoms with E-state index < -0.39 is 0 Å². The Hall–Kier alpha value is -0.260. The van der Waals surface area contributed by atoms with Gasteiger partial charge in [0.1, 0.15) is 17.6 Å². The second kappa shape index (κ2) is 6.95. The number of halogens is 2. The van der Waals surface area contributed by atoms with Crippen LogP contribution in [0, 0.1) is 0 Å². The molecule has 0 amide bonds. The van der Waals surface area contributed by atoms with E-state index in [0.29, 0.717) is 0 Å². The van der Waals surface area contributed by atoms with Crippen LogP contribution in [0.5, 0.6) is 11.5 Å². The van der Waals surface area contributed by atoms with Crippen molar-refractivity contribution < 1.29 is 14.6 Å². The van der Waals surface area contributed by atoms with Gasteiger partial charge in [-0.25, -0.2) is 0 Å². The normalized spacial score (nSPS) is 23.8. The molecule has 0 heterocycles. The lowest BCUT2D eigenvalue weighted by Crippen LogP contribution is -2.30. The Kier molecular flexibility index (Phi) is 5.54. The highest BCUT2D eigenvalue weighted by Gasteiger charge is 2.24. The van der Waals surface area contributed by atoms with E-state index in [1.165, 1.54) is 6.42 Å². The summed E-state index contributed by atoms with van der Waals surface area (Å²) in [4.78, 5) is 0. The van der Waals surface area contributed by atoms with E-state index in [1.54, 1.807) is 7.11 Å². The zero-order valence-electron chi connectivity index (χ0n) is 10.9. The van der Waals surface area contributed by atoms with Crippen LogP contribution in [0.25, 0.3) is 0 Å². The first-order chi connectivity index (χ1) is 9.11. The van der Waals surface area contributed by atoms with Crippen molar-refractivity contribution in [2.45, 2.75) is 44.3 Å². The molecule has 1 saturated carbocycles. The predicted molar refractivity (Wildman–Crippen MR) is 81.9 cm³/mol. The van der Waals surface area contributed by atoms with Crippen LogP contribution in [0.4, 0.5) is 0 Å². The summed E-state index contributed by atoms with van der Waals surface area (Å²) in [6.45, 7) is 0. The van der Waals surface area contributed by atoms with Crippen molar-refractivity contribution in [1.82, 2.24) is 0 Å². The summed E-state index contributed by atoms with van der Waals surface area (Å²) in [6.07, 6.45) is 4.57. The molecule has 1 aromatic rings. The molecule has 1 aromatic carbocycles. The molecular weight excluding hydrogens is 376 g/mol. The van der Waals surface area contributed by atoms with Gasteiger partial charge in [-0.15, -0.1) is 0 Å². The molecule has 0 bridgehead atoms. The topological polar surface area (TPSA) is 38.7 Å². The maximum Gasteiger partial charge on any atom is 0.135 e. The van der Waals surface area contributed by atoms with Crippen LogP contribution < -0.4 is 9.47 Å². The first-order valence-electron chi connectivity index (χ1n) is 6.49. The van der Waals surface area contributed by atoms with Crippen molar-refractivity contribution in [3.8, 4) is 11.5 Å². The number of methoxy groups -OCH3 is 1. The van der Waals surface area contributed by atoms with Gasteiger partial charge >= 0.3 is 0 Å². The minimum Gasteiger partial charge on any atom is -0.496 e. The summed E-state index contributed by atoms with van der Waals surface area (Å²) in [5.41, 5.74) is 0. The molecule has 106 valence electrons. The quantitative estimate of drug-likeness (QED) is 0.778. The lowest BCUT2D eigenvalue weighted by Gasteiger charge is -2.23. The highest BCUT2D eigenvalue weighted by molar-refractivity contribution is 9.11. The molecule has 0 aliphatic heterocycles. The minimum atomic E-state index is -0.379. The monoisotopic (exact) mass is 392 g/mol. The molecule has 2 atom stereocenters. The lowest BCUT2D eigenvalue weighted by molar-refractivity contribution is 0.0315.